The van der Waals surface area contributed by atoms with Gasteiger partial charge in [0.25, 0.3) is 11.8 Å². The fourth-order valence-corrected chi connectivity index (χ4v) is 2.91. The van der Waals surface area contributed by atoms with Crippen LogP contribution >= 0.6 is 0 Å². The third-order valence-corrected chi connectivity index (χ3v) is 4.50. The molecule has 1 fully saturated rings. The number of carbonyl (C=O) groups excluding carboxylic acids is 2. The van der Waals surface area contributed by atoms with E-state index in [0.717, 1.165) is 12.8 Å². The number of carbonyl (C=O) groups is 2. The minimum Gasteiger partial charge on any atom is -0.494 e. The van der Waals surface area contributed by atoms with Crippen LogP contribution in [0.2, 0.25) is 0 Å². The van der Waals surface area contributed by atoms with Gasteiger partial charge in [0.1, 0.15) is 6.33 Å². The summed E-state index contributed by atoms with van der Waals surface area (Å²) in [7, 11) is 3.28. The predicted octanol–water partition coefficient (Wildman–Crippen LogP) is 1.02. The average molecular weight is 408 g/mol. The van der Waals surface area contributed by atoms with E-state index in [-0.39, 0.29) is 29.0 Å². The van der Waals surface area contributed by atoms with Gasteiger partial charge in [-0.15, -0.1) is 10.2 Å². The first-order valence-corrected chi connectivity index (χ1v) is 9.24. The zero-order valence-electron chi connectivity index (χ0n) is 16.4. The monoisotopic (exact) mass is 408 g/mol. The Hall–Kier alpha value is -4.02. The highest BCUT2D eigenvalue weighted by molar-refractivity contribution is 6.00. The van der Waals surface area contributed by atoms with E-state index in [9.17, 15) is 9.59 Å². The molecule has 1 aliphatic carbocycles. The highest BCUT2D eigenvalue weighted by Crippen LogP contribution is 2.36. The molecule has 1 aromatic carbocycles. The molecule has 0 saturated heterocycles. The third-order valence-electron chi connectivity index (χ3n) is 4.50. The van der Waals surface area contributed by atoms with Crippen LogP contribution < -0.4 is 21.1 Å². The number of hydrogen-bond acceptors (Lipinski definition) is 8. The van der Waals surface area contributed by atoms with Gasteiger partial charge in [0.05, 0.1) is 24.0 Å². The molecule has 0 atom stereocenters. The fourth-order valence-electron chi connectivity index (χ4n) is 2.91. The van der Waals surface area contributed by atoms with Gasteiger partial charge < -0.3 is 21.1 Å². The van der Waals surface area contributed by atoms with E-state index >= 15 is 0 Å². The zero-order chi connectivity index (χ0) is 21.3. The summed E-state index contributed by atoms with van der Waals surface area (Å²) >= 11 is 0. The molecule has 0 spiro atoms. The van der Waals surface area contributed by atoms with E-state index in [1.54, 1.807) is 30.2 Å². The molecule has 0 aliphatic heterocycles. The minimum atomic E-state index is -0.777. The summed E-state index contributed by atoms with van der Waals surface area (Å²) in [4.78, 5) is 28.5. The number of primary amides is 1. The smallest absolute Gasteiger partial charge is 0.272 e. The number of rotatable bonds is 7. The Labute approximate surface area is 171 Å². The van der Waals surface area contributed by atoms with Gasteiger partial charge in [0.15, 0.2) is 23.0 Å². The number of amides is 2. The normalized spacial score (nSPS) is 13.0. The van der Waals surface area contributed by atoms with Crippen LogP contribution in [0.1, 0.15) is 33.8 Å². The predicted molar refractivity (Wildman–Crippen MR) is 107 cm³/mol. The molecule has 30 heavy (non-hydrogen) atoms. The van der Waals surface area contributed by atoms with Crippen LogP contribution in [0.5, 0.6) is 5.75 Å². The van der Waals surface area contributed by atoms with Crippen LogP contribution in [0.15, 0.2) is 30.6 Å². The number of nitrogens with zero attached hydrogens (tertiary/aromatic N) is 5. The minimum absolute atomic E-state index is 0.0796. The maximum Gasteiger partial charge on any atom is 0.272 e. The topological polar surface area (TPSA) is 150 Å². The summed E-state index contributed by atoms with van der Waals surface area (Å²) in [6, 6.07) is 6.95. The van der Waals surface area contributed by atoms with Crippen molar-refractivity contribution in [1.29, 1.82) is 0 Å². The van der Waals surface area contributed by atoms with E-state index in [4.69, 9.17) is 10.5 Å². The average Bonchev–Trinajstić information content (AvgIpc) is 3.44. The van der Waals surface area contributed by atoms with Crippen molar-refractivity contribution in [2.24, 2.45) is 12.8 Å². The number of hydrogen-bond donors (Lipinski definition) is 3. The van der Waals surface area contributed by atoms with E-state index in [1.807, 2.05) is 6.07 Å². The van der Waals surface area contributed by atoms with Gasteiger partial charge in [-0.05, 0) is 31.0 Å². The number of nitrogens with two attached hydrogens (primary N) is 1. The zero-order valence-corrected chi connectivity index (χ0v) is 16.4. The van der Waals surface area contributed by atoms with E-state index < -0.39 is 5.91 Å². The summed E-state index contributed by atoms with van der Waals surface area (Å²) in [5.41, 5.74) is 6.84. The van der Waals surface area contributed by atoms with Crippen molar-refractivity contribution in [2.45, 2.75) is 18.9 Å². The van der Waals surface area contributed by atoms with Crippen molar-refractivity contribution in [2.75, 3.05) is 12.4 Å². The number of nitrogens with one attached hydrogen (secondary N) is 2. The first-order chi connectivity index (χ1) is 14.5. The van der Waals surface area contributed by atoms with E-state index in [0.29, 0.717) is 22.8 Å². The van der Waals surface area contributed by atoms with Gasteiger partial charge in [-0.1, -0.05) is 6.07 Å². The molecule has 2 heterocycles. The molecular formula is C19H20N8O3. The highest BCUT2D eigenvalue weighted by atomic mass is 16.5. The van der Waals surface area contributed by atoms with Crippen LogP contribution in [0.3, 0.4) is 0 Å². The Morgan fingerprint density at radius 2 is 2.03 bits per heavy atom. The Bertz CT molecular complexity index is 1120. The Balaban J connectivity index is 1.72. The van der Waals surface area contributed by atoms with Crippen LogP contribution in [-0.4, -0.2) is 49.9 Å². The quantitative estimate of drug-likeness (QED) is 0.524. The molecule has 0 radical (unpaired) electrons. The second-order valence-corrected chi connectivity index (χ2v) is 6.86. The molecule has 11 heteroatoms. The Kier molecular flexibility index (Phi) is 5.00. The van der Waals surface area contributed by atoms with Gasteiger partial charge in [0.2, 0.25) is 0 Å². The molecule has 0 bridgehead atoms. The highest BCUT2D eigenvalue weighted by Gasteiger charge is 2.26. The maximum atomic E-state index is 12.3. The lowest BCUT2D eigenvalue weighted by atomic mass is 10.1. The number of ether oxygens (including phenoxy) is 1. The van der Waals surface area contributed by atoms with Crippen molar-refractivity contribution in [3.63, 3.8) is 0 Å². The first kappa shape index (κ1) is 19.3. The van der Waals surface area contributed by atoms with Crippen LogP contribution in [0, 0.1) is 0 Å². The van der Waals surface area contributed by atoms with Crippen LogP contribution in [0.25, 0.3) is 11.4 Å². The second-order valence-electron chi connectivity index (χ2n) is 6.86. The Morgan fingerprint density at radius 3 is 2.67 bits per heavy atom. The Morgan fingerprint density at radius 1 is 1.23 bits per heavy atom. The van der Waals surface area contributed by atoms with Gasteiger partial charge >= 0.3 is 0 Å². The van der Waals surface area contributed by atoms with Crippen molar-refractivity contribution in [3.8, 4) is 17.1 Å². The maximum absolute atomic E-state index is 12.3. The van der Waals surface area contributed by atoms with Gasteiger partial charge in [-0.25, -0.2) is 4.98 Å². The molecule has 154 valence electrons. The lowest BCUT2D eigenvalue weighted by Gasteiger charge is -2.15. The largest absolute Gasteiger partial charge is 0.494 e. The summed E-state index contributed by atoms with van der Waals surface area (Å²) in [5, 5.41) is 17.9. The summed E-state index contributed by atoms with van der Waals surface area (Å²) in [6.07, 6.45) is 3.46. The number of benzene rings is 1. The van der Waals surface area contributed by atoms with Crippen molar-refractivity contribution < 1.29 is 14.3 Å². The van der Waals surface area contributed by atoms with Crippen molar-refractivity contribution >= 4 is 23.2 Å². The van der Waals surface area contributed by atoms with Gasteiger partial charge in [0, 0.05) is 13.1 Å². The lowest BCUT2D eigenvalue weighted by molar-refractivity contribution is 0.0940. The van der Waals surface area contributed by atoms with Crippen LogP contribution in [-0.2, 0) is 7.05 Å². The van der Waals surface area contributed by atoms with E-state index in [1.165, 1.54) is 13.2 Å². The number of aromatic nitrogens is 5. The molecule has 2 amide bonds. The third kappa shape index (κ3) is 3.90. The molecular weight excluding hydrogens is 388 g/mol. The summed E-state index contributed by atoms with van der Waals surface area (Å²) in [6.45, 7) is 0. The number of methoxy groups -OCH3 is 1. The SMILES string of the molecule is COc1c(Nc2cc(C(=O)NC3CC3)nnc2C(N)=O)cccc1-c1ncn(C)n1. The van der Waals surface area contributed by atoms with Crippen LogP contribution in [0.4, 0.5) is 11.4 Å². The number of para-hydroxylation sites is 1. The standard InChI is InChI=1S/C19H20N8O3/c1-27-9-21-18(26-27)11-4-3-5-12(16(11)30-2)23-13-8-14(19(29)22-10-6-7-10)24-25-15(13)17(20)28/h3-5,8-10H,6-7H2,1-2H3,(H2,20,28)(H,22,29)(H,23,24). The molecule has 1 saturated carbocycles. The van der Waals surface area contributed by atoms with Gasteiger partial charge in [-0.2, -0.15) is 5.10 Å². The molecule has 1 aliphatic rings. The molecule has 4 N–H and O–H groups in total. The van der Waals surface area contributed by atoms with E-state index in [2.05, 4.69) is 30.9 Å². The fraction of sp³-hybridized carbons (Fsp3) is 0.263. The summed E-state index contributed by atoms with van der Waals surface area (Å²) in [5.74, 6) is -0.200. The lowest BCUT2D eigenvalue weighted by Crippen LogP contribution is -2.27. The summed E-state index contributed by atoms with van der Waals surface area (Å²) < 4.78 is 7.15. The molecule has 3 aromatic rings. The first-order valence-electron chi connectivity index (χ1n) is 9.24. The molecule has 0 unspecified atom stereocenters. The number of aryl methyl sites for hydroxylation is 1. The molecule has 4 rings (SSSR count). The van der Waals surface area contributed by atoms with Crippen molar-refractivity contribution in [3.05, 3.63) is 42.0 Å². The number of anilines is 2. The van der Waals surface area contributed by atoms with Crippen molar-refractivity contribution in [1.82, 2.24) is 30.3 Å². The second kappa shape index (κ2) is 7.78. The molecule has 11 nitrogen and oxygen atoms in total. The molecule has 2 aromatic heterocycles. The van der Waals surface area contributed by atoms with Gasteiger partial charge in [-0.3, -0.25) is 14.3 Å².